The molecule has 0 saturated heterocycles. The van der Waals surface area contributed by atoms with E-state index in [1.165, 1.54) is 144 Å². The second-order valence-corrected chi connectivity index (χ2v) is 9.81. The summed E-state index contributed by atoms with van der Waals surface area (Å²) < 4.78 is 0. The van der Waals surface area contributed by atoms with E-state index in [1.807, 2.05) is 0 Å². The fourth-order valence-corrected chi connectivity index (χ4v) is 4.86. The molecule has 0 unspecified atom stereocenters. The van der Waals surface area contributed by atoms with E-state index in [4.69, 9.17) is 11.6 Å². The Bertz CT molecular complexity index is 526. The number of halogens is 1. The van der Waals surface area contributed by atoms with Crippen molar-refractivity contribution >= 4 is 11.6 Å². The number of hydrogen-bond donors (Lipinski definition) is 1. The molecule has 0 saturated carbocycles. The van der Waals surface area contributed by atoms with Gasteiger partial charge in [0.1, 0.15) is 0 Å². The minimum absolute atomic E-state index is 0. The Hall–Kier alpha value is -0.530. The summed E-state index contributed by atoms with van der Waals surface area (Å²) in [6.45, 7) is 6.77. The van der Waals surface area contributed by atoms with E-state index in [-0.39, 0.29) is 6.15 Å². The zero-order chi connectivity index (χ0) is 21.9. The predicted molar refractivity (Wildman–Crippen MR) is 143 cm³/mol. The lowest BCUT2D eigenvalue weighted by Gasteiger charge is -2.13. The van der Waals surface area contributed by atoms with Crippen LogP contribution in [0.2, 0.25) is 0 Å². The molecule has 3 N–H and O–H groups in total. The van der Waals surface area contributed by atoms with Crippen molar-refractivity contribution in [2.75, 3.05) is 0 Å². The summed E-state index contributed by atoms with van der Waals surface area (Å²) in [5.41, 5.74) is 5.72. The average molecular weight is 452 g/mol. The maximum atomic E-state index is 6.14. The largest absolute Gasteiger partial charge is 0.344 e. The number of alkyl halides is 1. The topological polar surface area (TPSA) is 35.0 Å². The Labute approximate surface area is 200 Å². The molecule has 1 nitrogen and oxygen atoms in total. The van der Waals surface area contributed by atoms with Gasteiger partial charge in [-0.15, -0.1) is 11.6 Å². The van der Waals surface area contributed by atoms with Gasteiger partial charge in [0.25, 0.3) is 0 Å². The van der Waals surface area contributed by atoms with Crippen LogP contribution in [-0.4, -0.2) is 0 Å². The van der Waals surface area contributed by atoms with Crippen LogP contribution in [0.25, 0.3) is 0 Å². The fraction of sp³-hybridized carbons (Fsp3) is 0.793. The standard InChI is InChI=1S/C29H51Cl.H3N/c1-4-5-6-7-8-9-10-11-12-13-14-15-16-17-18-19-20-21-22-29-27(3)26(2)23-24-28(29)25-30;/h23-24H,4-22,25H2,1-3H3;1H3. The highest BCUT2D eigenvalue weighted by Crippen LogP contribution is 2.22. The van der Waals surface area contributed by atoms with Gasteiger partial charge in [-0.25, -0.2) is 0 Å². The summed E-state index contributed by atoms with van der Waals surface area (Å²) in [6.07, 6.45) is 27.1. The molecule has 0 heterocycles. The van der Waals surface area contributed by atoms with Crippen molar-refractivity contribution in [2.45, 2.75) is 149 Å². The van der Waals surface area contributed by atoms with Crippen LogP contribution in [0.1, 0.15) is 145 Å². The van der Waals surface area contributed by atoms with Crippen molar-refractivity contribution < 1.29 is 0 Å². The van der Waals surface area contributed by atoms with Crippen LogP contribution in [-0.2, 0) is 12.3 Å². The molecule has 2 heteroatoms. The third kappa shape index (κ3) is 15.0. The first-order valence-corrected chi connectivity index (χ1v) is 13.9. The summed E-state index contributed by atoms with van der Waals surface area (Å²) in [6, 6.07) is 4.44. The summed E-state index contributed by atoms with van der Waals surface area (Å²) >= 11 is 6.14. The summed E-state index contributed by atoms with van der Waals surface area (Å²) in [5, 5.41) is 0. The van der Waals surface area contributed by atoms with Crippen LogP contribution >= 0.6 is 11.6 Å². The van der Waals surface area contributed by atoms with Crippen LogP contribution < -0.4 is 6.15 Å². The molecule has 0 atom stereocenters. The molecule has 1 aromatic carbocycles. The van der Waals surface area contributed by atoms with Gasteiger partial charge < -0.3 is 6.15 Å². The molecule has 31 heavy (non-hydrogen) atoms. The van der Waals surface area contributed by atoms with E-state index < -0.39 is 0 Å². The first-order chi connectivity index (χ1) is 14.7. The Balaban J connectivity index is 0.00000900. The quantitative estimate of drug-likeness (QED) is 0.155. The number of hydrogen-bond acceptors (Lipinski definition) is 1. The smallest absolute Gasteiger partial charge is 0.0476 e. The number of rotatable bonds is 20. The van der Waals surface area contributed by atoms with E-state index in [0.29, 0.717) is 5.88 Å². The fourth-order valence-electron chi connectivity index (χ4n) is 4.61. The number of aryl methyl sites for hydroxylation is 1. The van der Waals surface area contributed by atoms with Gasteiger partial charge in [-0.2, -0.15) is 0 Å². The zero-order valence-electron chi connectivity index (χ0n) is 21.4. The number of unbranched alkanes of at least 4 members (excludes halogenated alkanes) is 17. The van der Waals surface area contributed by atoms with Crippen LogP contribution in [0, 0.1) is 13.8 Å². The average Bonchev–Trinajstić information content (AvgIpc) is 2.75. The highest BCUT2D eigenvalue weighted by atomic mass is 35.5. The van der Waals surface area contributed by atoms with Crippen molar-refractivity contribution in [3.8, 4) is 0 Å². The van der Waals surface area contributed by atoms with Crippen molar-refractivity contribution in [3.63, 3.8) is 0 Å². The third-order valence-corrected chi connectivity index (χ3v) is 7.18. The maximum absolute atomic E-state index is 6.14. The molecule has 0 amide bonds. The van der Waals surface area contributed by atoms with Gasteiger partial charge in [0.15, 0.2) is 0 Å². The predicted octanol–water partition coefficient (Wildman–Crippen LogP) is 10.8. The van der Waals surface area contributed by atoms with Crippen molar-refractivity contribution in [1.29, 1.82) is 0 Å². The Morgan fingerprint density at radius 2 is 0.968 bits per heavy atom. The zero-order valence-corrected chi connectivity index (χ0v) is 22.1. The van der Waals surface area contributed by atoms with E-state index in [2.05, 4.69) is 32.9 Å². The van der Waals surface area contributed by atoms with E-state index >= 15 is 0 Å². The van der Waals surface area contributed by atoms with Crippen LogP contribution in [0.3, 0.4) is 0 Å². The van der Waals surface area contributed by atoms with Crippen molar-refractivity contribution in [1.82, 2.24) is 6.15 Å². The van der Waals surface area contributed by atoms with Gasteiger partial charge in [0.05, 0.1) is 0 Å². The molecule has 1 aromatic rings. The van der Waals surface area contributed by atoms with Gasteiger partial charge in [-0.05, 0) is 48.9 Å². The minimum atomic E-state index is 0. The van der Waals surface area contributed by atoms with Crippen LogP contribution in [0.15, 0.2) is 12.1 Å². The highest BCUT2D eigenvalue weighted by molar-refractivity contribution is 6.17. The van der Waals surface area contributed by atoms with Gasteiger partial charge in [0.2, 0.25) is 0 Å². The molecule has 0 radical (unpaired) electrons. The van der Waals surface area contributed by atoms with Crippen LogP contribution in [0.4, 0.5) is 0 Å². The van der Waals surface area contributed by atoms with Crippen molar-refractivity contribution in [3.05, 3.63) is 34.4 Å². The molecular formula is C29H54ClN. The Morgan fingerprint density at radius 3 is 1.35 bits per heavy atom. The molecule has 0 spiro atoms. The molecule has 0 fully saturated rings. The van der Waals surface area contributed by atoms with Gasteiger partial charge in [-0.3, -0.25) is 0 Å². The molecular weight excluding hydrogens is 398 g/mol. The van der Waals surface area contributed by atoms with Gasteiger partial charge >= 0.3 is 0 Å². The lowest BCUT2D eigenvalue weighted by atomic mass is 9.94. The minimum Gasteiger partial charge on any atom is -0.344 e. The first-order valence-electron chi connectivity index (χ1n) is 13.3. The Morgan fingerprint density at radius 1 is 0.581 bits per heavy atom. The second-order valence-electron chi connectivity index (χ2n) is 9.54. The highest BCUT2D eigenvalue weighted by Gasteiger charge is 2.07. The molecule has 0 aliphatic rings. The normalized spacial score (nSPS) is 11.0. The van der Waals surface area contributed by atoms with E-state index in [9.17, 15) is 0 Å². The summed E-state index contributed by atoms with van der Waals surface area (Å²) in [7, 11) is 0. The molecule has 0 bridgehead atoms. The lowest BCUT2D eigenvalue weighted by Crippen LogP contribution is -1.98. The maximum Gasteiger partial charge on any atom is 0.0476 e. The lowest BCUT2D eigenvalue weighted by molar-refractivity contribution is 0.525. The summed E-state index contributed by atoms with van der Waals surface area (Å²) in [4.78, 5) is 0. The van der Waals surface area contributed by atoms with Crippen LogP contribution in [0.5, 0.6) is 0 Å². The second kappa shape index (κ2) is 21.3. The van der Waals surface area contributed by atoms with Gasteiger partial charge in [0, 0.05) is 5.88 Å². The van der Waals surface area contributed by atoms with Crippen molar-refractivity contribution in [2.24, 2.45) is 0 Å². The SMILES string of the molecule is CCCCCCCCCCCCCCCCCCCCc1c(CCl)ccc(C)c1C.N. The third-order valence-electron chi connectivity index (χ3n) is 6.89. The molecule has 0 aliphatic carbocycles. The van der Waals surface area contributed by atoms with E-state index in [0.717, 1.165) is 0 Å². The molecule has 1 rings (SSSR count). The molecule has 182 valence electrons. The monoisotopic (exact) mass is 451 g/mol. The number of benzene rings is 1. The first kappa shape index (κ1) is 30.5. The van der Waals surface area contributed by atoms with E-state index in [1.54, 1.807) is 0 Å². The Kier molecular flexibility index (Phi) is 21.0. The summed E-state index contributed by atoms with van der Waals surface area (Å²) in [5.74, 6) is 0.648. The molecule has 0 aromatic heterocycles. The van der Waals surface area contributed by atoms with Gasteiger partial charge in [-0.1, -0.05) is 128 Å². The molecule has 0 aliphatic heterocycles.